The molecule has 0 aliphatic rings. The van der Waals surface area contributed by atoms with E-state index in [0.29, 0.717) is 23.4 Å². The first-order chi connectivity index (χ1) is 13.6. The van der Waals surface area contributed by atoms with Gasteiger partial charge in [0, 0.05) is 16.8 Å². The Balaban J connectivity index is 1.68. The monoisotopic (exact) mass is 411 g/mol. The normalized spacial score (nSPS) is 10.4. The third kappa shape index (κ3) is 4.91. The van der Waals surface area contributed by atoms with Crippen LogP contribution in [0.5, 0.6) is 0 Å². The summed E-state index contributed by atoms with van der Waals surface area (Å²) in [6, 6.07) is 17.7. The van der Waals surface area contributed by atoms with Crippen LogP contribution in [0.3, 0.4) is 0 Å². The van der Waals surface area contributed by atoms with Crippen LogP contribution in [-0.4, -0.2) is 23.1 Å². The molecule has 0 radical (unpaired) electrons. The van der Waals surface area contributed by atoms with Crippen molar-refractivity contribution < 1.29 is 9.59 Å². The van der Waals surface area contributed by atoms with Gasteiger partial charge in [-0.3, -0.25) is 14.6 Å². The quantitative estimate of drug-likeness (QED) is 0.579. The molecule has 28 heavy (non-hydrogen) atoms. The molecule has 0 atom stereocenters. The lowest BCUT2D eigenvalue weighted by atomic mass is 10.1. The molecule has 5 nitrogen and oxygen atoms in total. The van der Waals surface area contributed by atoms with E-state index in [1.54, 1.807) is 30.5 Å². The zero-order chi connectivity index (χ0) is 19.9. The van der Waals surface area contributed by atoms with Crippen molar-refractivity contribution in [3.8, 4) is 0 Å². The average Bonchev–Trinajstić information content (AvgIpc) is 2.72. The van der Waals surface area contributed by atoms with Crippen molar-refractivity contribution >= 4 is 40.9 Å². The number of carbonyl (C=O) groups is 2. The molecular formula is C21H18ClN3O2S. The summed E-state index contributed by atoms with van der Waals surface area (Å²) in [5.41, 5.74) is 2.19. The fourth-order valence-electron chi connectivity index (χ4n) is 2.58. The molecule has 1 aromatic heterocycles. The van der Waals surface area contributed by atoms with Crippen LogP contribution < -0.4 is 10.6 Å². The van der Waals surface area contributed by atoms with Crippen LogP contribution >= 0.6 is 23.4 Å². The fourth-order valence-corrected chi connectivity index (χ4v) is 3.44. The Labute approximate surface area is 172 Å². The first kappa shape index (κ1) is 19.9. The lowest BCUT2D eigenvalue weighted by Crippen LogP contribution is -2.23. The maximum absolute atomic E-state index is 12.5. The van der Waals surface area contributed by atoms with Crippen LogP contribution in [0.25, 0.3) is 0 Å². The Kier molecular flexibility index (Phi) is 6.68. The van der Waals surface area contributed by atoms with Gasteiger partial charge >= 0.3 is 0 Å². The van der Waals surface area contributed by atoms with Crippen LogP contribution in [0.2, 0.25) is 5.02 Å². The fraction of sp³-hybridized carbons (Fsp3) is 0.0952. The number of amides is 2. The smallest absolute Gasteiger partial charge is 0.256 e. The van der Waals surface area contributed by atoms with E-state index < -0.39 is 0 Å². The molecule has 0 aliphatic carbocycles. The summed E-state index contributed by atoms with van der Waals surface area (Å²) in [7, 11) is 0. The highest BCUT2D eigenvalue weighted by molar-refractivity contribution is 7.98. The SMILES string of the molecule is CSc1ccccc1C(=O)Nc1ccc(C(=O)NCc2ccccn2)c(Cl)c1. The van der Waals surface area contributed by atoms with Gasteiger partial charge in [-0.1, -0.05) is 29.8 Å². The second kappa shape index (κ2) is 9.39. The van der Waals surface area contributed by atoms with Crippen LogP contribution in [-0.2, 0) is 6.54 Å². The van der Waals surface area contributed by atoms with Crippen LogP contribution in [0.15, 0.2) is 71.8 Å². The van der Waals surface area contributed by atoms with Crippen molar-refractivity contribution in [1.82, 2.24) is 10.3 Å². The maximum Gasteiger partial charge on any atom is 0.256 e. The minimum absolute atomic E-state index is 0.228. The lowest BCUT2D eigenvalue weighted by molar-refractivity contribution is 0.0950. The summed E-state index contributed by atoms with van der Waals surface area (Å²) < 4.78 is 0. The molecule has 0 fully saturated rings. The number of hydrogen-bond acceptors (Lipinski definition) is 4. The van der Waals surface area contributed by atoms with Crippen LogP contribution in [0.1, 0.15) is 26.4 Å². The summed E-state index contributed by atoms with van der Waals surface area (Å²) in [6.07, 6.45) is 3.59. The van der Waals surface area contributed by atoms with Crippen LogP contribution in [0, 0.1) is 0 Å². The third-order valence-electron chi connectivity index (χ3n) is 3.98. The highest BCUT2D eigenvalue weighted by Gasteiger charge is 2.14. The van der Waals surface area contributed by atoms with Crippen LogP contribution in [0.4, 0.5) is 5.69 Å². The lowest BCUT2D eigenvalue weighted by Gasteiger charge is -2.11. The van der Waals surface area contributed by atoms with Gasteiger partial charge in [0.2, 0.25) is 0 Å². The molecule has 0 saturated carbocycles. The molecule has 0 spiro atoms. The highest BCUT2D eigenvalue weighted by atomic mass is 35.5. The number of hydrogen-bond donors (Lipinski definition) is 2. The van der Waals surface area contributed by atoms with Gasteiger partial charge in [0.1, 0.15) is 0 Å². The first-order valence-corrected chi connectivity index (χ1v) is 10.1. The molecule has 7 heteroatoms. The summed E-state index contributed by atoms with van der Waals surface area (Å²) in [5, 5.41) is 5.86. The van der Waals surface area contributed by atoms with Crippen molar-refractivity contribution in [3.63, 3.8) is 0 Å². The number of halogens is 1. The molecule has 3 rings (SSSR count). The van der Waals surface area contributed by atoms with E-state index in [1.165, 1.54) is 11.8 Å². The summed E-state index contributed by atoms with van der Waals surface area (Å²) in [4.78, 5) is 29.9. The van der Waals surface area contributed by atoms with E-state index in [1.807, 2.05) is 42.7 Å². The van der Waals surface area contributed by atoms with Gasteiger partial charge in [0.15, 0.2) is 0 Å². The average molecular weight is 412 g/mol. The predicted molar refractivity (Wildman–Crippen MR) is 113 cm³/mol. The highest BCUT2D eigenvalue weighted by Crippen LogP contribution is 2.24. The van der Waals surface area contributed by atoms with Crippen molar-refractivity contribution in [2.45, 2.75) is 11.4 Å². The topological polar surface area (TPSA) is 71.1 Å². The number of benzene rings is 2. The van der Waals surface area contributed by atoms with E-state index in [-0.39, 0.29) is 16.8 Å². The molecule has 0 unspecified atom stereocenters. The molecule has 0 saturated heterocycles. The van der Waals surface area contributed by atoms with Crippen molar-refractivity contribution in [2.24, 2.45) is 0 Å². The number of aromatic nitrogens is 1. The molecule has 3 aromatic rings. The second-order valence-electron chi connectivity index (χ2n) is 5.85. The van der Waals surface area contributed by atoms with E-state index >= 15 is 0 Å². The summed E-state index contributed by atoms with van der Waals surface area (Å²) in [6.45, 7) is 0.306. The Morgan fingerprint density at radius 1 is 1.00 bits per heavy atom. The Morgan fingerprint density at radius 3 is 2.50 bits per heavy atom. The zero-order valence-electron chi connectivity index (χ0n) is 15.1. The Hall–Kier alpha value is -2.83. The number of nitrogens with zero attached hydrogens (tertiary/aromatic N) is 1. The third-order valence-corrected chi connectivity index (χ3v) is 5.09. The number of nitrogens with one attached hydrogen (secondary N) is 2. The van der Waals surface area contributed by atoms with Gasteiger partial charge in [0.05, 0.1) is 28.4 Å². The van der Waals surface area contributed by atoms with Gasteiger partial charge in [-0.2, -0.15) is 0 Å². The van der Waals surface area contributed by atoms with E-state index in [2.05, 4.69) is 15.6 Å². The van der Waals surface area contributed by atoms with Crippen molar-refractivity contribution in [2.75, 3.05) is 11.6 Å². The minimum Gasteiger partial charge on any atom is -0.346 e. The summed E-state index contributed by atoms with van der Waals surface area (Å²) in [5.74, 6) is -0.533. The second-order valence-corrected chi connectivity index (χ2v) is 7.11. The number of anilines is 1. The number of pyridine rings is 1. The number of rotatable bonds is 6. The molecule has 2 N–H and O–H groups in total. The number of thioether (sulfide) groups is 1. The first-order valence-electron chi connectivity index (χ1n) is 8.50. The van der Waals surface area contributed by atoms with Crippen molar-refractivity contribution in [1.29, 1.82) is 0 Å². The zero-order valence-corrected chi connectivity index (χ0v) is 16.7. The molecule has 2 amide bonds. The molecule has 142 valence electrons. The molecule has 2 aromatic carbocycles. The molecule has 1 heterocycles. The standard InChI is InChI=1S/C21H18ClN3O2S/c1-28-19-8-3-2-7-17(19)21(27)25-14-9-10-16(18(22)12-14)20(26)24-13-15-6-4-5-11-23-15/h2-12H,13H2,1H3,(H,24,26)(H,25,27). The van der Waals surface area contributed by atoms with Gasteiger partial charge < -0.3 is 10.6 Å². The van der Waals surface area contributed by atoms with Crippen molar-refractivity contribution in [3.05, 3.63) is 88.7 Å². The van der Waals surface area contributed by atoms with Gasteiger partial charge in [-0.25, -0.2) is 0 Å². The Bertz CT molecular complexity index is 996. The summed E-state index contributed by atoms with van der Waals surface area (Å²) >= 11 is 7.76. The molecule has 0 bridgehead atoms. The maximum atomic E-state index is 12.5. The van der Waals surface area contributed by atoms with Gasteiger partial charge in [-0.05, 0) is 48.7 Å². The van der Waals surface area contributed by atoms with Gasteiger partial charge in [0.25, 0.3) is 11.8 Å². The molecule has 0 aliphatic heterocycles. The van der Waals surface area contributed by atoms with Gasteiger partial charge in [-0.15, -0.1) is 11.8 Å². The van der Waals surface area contributed by atoms with E-state index in [4.69, 9.17) is 11.6 Å². The van der Waals surface area contributed by atoms with E-state index in [0.717, 1.165) is 10.6 Å². The largest absolute Gasteiger partial charge is 0.346 e. The van der Waals surface area contributed by atoms with E-state index in [9.17, 15) is 9.59 Å². The minimum atomic E-state index is -0.304. The Morgan fingerprint density at radius 2 is 1.79 bits per heavy atom. The molecular weight excluding hydrogens is 394 g/mol. The predicted octanol–water partition coefficient (Wildman–Crippen LogP) is 4.64. The number of carbonyl (C=O) groups excluding carboxylic acids is 2.